The van der Waals surface area contributed by atoms with Gasteiger partial charge in [-0.3, -0.25) is 11.7 Å². The molecule has 1 rings (SSSR count). The Bertz CT molecular complexity index is 290. The molecule has 0 fully saturated rings. The fourth-order valence-electron chi connectivity index (χ4n) is 0.439. The number of nitrogens with two attached hydrogens (primary N) is 2. The first-order valence-electron chi connectivity index (χ1n) is 3.32. The number of halogens is 2. The molecule has 7 N–H and O–H groups in total. The van der Waals surface area contributed by atoms with Crippen LogP contribution in [-0.4, -0.2) is 14.7 Å². The lowest BCUT2D eigenvalue weighted by molar-refractivity contribution is 0.275. The van der Waals surface area contributed by atoms with Gasteiger partial charge in [-0.05, 0) is 12.1 Å². The highest BCUT2D eigenvalue weighted by Gasteiger charge is 2.00. The van der Waals surface area contributed by atoms with Gasteiger partial charge in [0.05, 0.1) is 10.0 Å². The van der Waals surface area contributed by atoms with Crippen LogP contribution in [0.2, 0.25) is 10.0 Å². The fourth-order valence-corrected chi connectivity index (χ4v) is 0.711. The van der Waals surface area contributed by atoms with Crippen molar-refractivity contribution in [1.29, 1.82) is 0 Å². The van der Waals surface area contributed by atoms with E-state index in [1.807, 2.05) is 12.1 Å². The first-order valence-corrected chi connectivity index (χ1v) is 5.64. The highest BCUT2D eigenvalue weighted by molar-refractivity contribution is 7.45. The first kappa shape index (κ1) is 17.2. The second kappa shape index (κ2) is 9.08. The Kier molecular flexibility index (Phi) is 10.4. The van der Waals surface area contributed by atoms with E-state index >= 15 is 0 Å². The summed E-state index contributed by atoms with van der Waals surface area (Å²) in [5, 5.41) is 1.21. The highest BCUT2D eigenvalue weighted by Crippen LogP contribution is 2.25. The van der Waals surface area contributed by atoms with Crippen LogP contribution in [0.4, 0.5) is 0 Å². The van der Waals surface area contributed by atoms with Crippen LogP contribution in [0.1, 0.15) is 0 Å². The molecule has 0 aliphatic heterocycles. The normalized spacial score (nSPS) is 9.27. The standard InChI is InChI=1S/C6H4Cl2.H4N2.H3O4P/c7-5-3-1-2-4-6(5)8;1-2;1-5(2,3)4/h1-4H;1-2H2;(H3,1,2,3,4). The third-order valence-corrected chi connectivity index (χ3v) is 1.58. The maximum atomic E-state index is 8.88. The van der Waals surface area contributed by atoms with Gasteiger partial charge in [0.2, 0.25) is 0 Å². The number of hydrogen-bond acceptors (Lipinski definition) is 3. The Hall–Kier alpha value is -0.170. The molecule has 88 valence electrons. The maximum Gasteiger partial charge on any atom is 0.466 e. The molecule has 0 amide bonds. The molecule has 0 spiro atoms. The summed E-state index contributed by atoms with van der Waals surface area (Å²) < 4.78 is 8.88. The summed E-state index contributed by atoms with van der Waals surface area (Å²) in [7, 11) is -4.64. The second-order valence-corrected chi connectivity index (χ2v) is 3.77. The quantitative estimate of drug-likeness (QED) is 0.272. The van der Waals surface area contributed by atoms with Crippen molar-refractivity contribution in [2.75, 3.05) is 0 Å². The van der Waals surface area contributed by atoms with Crippen molar-refractivity contribution in [1.82, 2.24) is 0 Å². The van der Waals surface area contributed by atoms with Crippen molar-refractivity contribution in [2.45, 2.75) is 0 Å². The molecule has 0 saturated heterocycles. The SMILES string of the molecule is Clc1ccccc1Cl.NN.O=P(O)(O)O. The third kappa shape index (κ3) is 16.5. The Morgan fingerprint density at radius 3 is 1.33 bits per heavy atom. The average molecular weight is 277 g/mol. The summed E-state index contributed by atoms with van der Waals surface area (Å²) in [4.78, 5) is 21.6. The smallest absolute Gasteiger partial charge is 0.303 e. The van der Waals surface area contributed by atoms with Gasteiger partial charge in [0, 0.05) is 0 Å². The summed E-state index contributed by atoms with van der Waals surface area (Å²) in [6, 6.07) is 7.19. The van der Waals surface area contributed by atoms with Crippen LogP contribution < -0.4 is 11.7 Å². The number of phosphoric acid groups is 1. The average Bonchev–Trinajstić information content (AvgIpc) is 2.11. The zero-order valence-corrected chi connectivity index (χ0v) is 9.82. The van der Waals surface area contributed by atoms with Crippen LogP contribution in [0.3, 0.4) is 0 Å². The van der Waals surface area contributed by atoms with Gasteiger partial charge in [-0.15, -0.1) is 0 Å². The van der Waals surface area contributed by atoms with Crippen LogP contribution in [0.25, 0.3) is 0 Å². The molecule has 0 bridgehead atoms. The minimum absolute atomic E-state index is 0.606. The van der Waals surface area contributed by atoms with Crippen molar-refractivity contribution in [3.05, 3.63) is 34.3 Å². The zero-order chi connectivity index (χ0) is 12.5. The van der Waals surface area contributed by atoms with Gasteiger partial charge in [0.1, 0.15) is 0 Å². The lowest BCUT2D eigenvalue weighted by Gasteiger charge is -1.88. The van der Waals surface area contributed by atoms with Gasteiger partial charge in [0.15, 0.2) is 0 Å². The van der Waals surface area contributed by atoms with Crippen molar-refractivity contribution in [2.24, 2.45) is 11.7 Å². The van der Waals surface area contributed by atoms with E-state index < -0.39 is 7.82 Å². The highest BCUT2D eigenvalue weighted by atomic mass is 35.5. The molecule has 1 aromatic carbocycles. The molecule has 0 aliphatic carbocycles. The minimum atomic E-state index is -4.64. The molecule has 1 aromatic rings. The van der Waals surface area contributed by atoms with Gasteiger partial charge >= 0.3 is 7.82 Å². The molecule has 15 heavy (non-hydrogen) atoms. The van der Waals surface area contributed by atoms with Crippen LogP contribution in [0.15, 0.2) is 24.3 Å². The summed E-state index contributed by atoms with van der Waals surface area (Å²) >= 11 is 11.2. The molecule has 0 radical (unpaired) electrons. The predicted octanol–water partition coefficient (Wildman–Crippen LogP) is 0.884. The Balaban J connectivity index is 0. The molecule has 0 atom stereocenters. The van der Waals surface area contributed by atoms with Crippen LogP contribution >= 0.6 is 31.0 Å². The van der Waals surface area contributed by atoms with Crippen LogP contribution in [0.5, 0.6) is 0 Å². The molecular weight excluding hydrogens is 266 g/mol. The monoisotopic (exact) mass is 276 g/mol. The van der Waals surface area contributed by atoms with E-state index in [1.165, 1.54) is 0 Å². The lowest BCUT2D eigenvalue weighted by Crippen LogP contribution is -2.02. The van der Waals surface area contributed by atoms with E-state index in [0.717, 1.165) is 0 Å². The van der Waals surface area contributed by atoms with Crippen molar-refractivity contribution >= 4 is 31.0 Å². The Labute approximate surface area is 96.6 Å². The molecule has 0 aromatic heterocycles. The number of hydrazine groups is 1. The van der Waals surface area contributed by atoms with E-state index in [0.29, 0.717) is 10.0 Å². The van der Waals surface area contributed by atoms with Crippen LogP contribution in [0, 0.1) is 0 Å². The van der Waals surface area contributed by atoms with E-state index in [9.17, 15) is 0 Å². The molecule has 0 heterocycles. The topological polar surface area (TPSA) is 130 Å². The molecule has 0 saturated carbocycles. The summed E-state index contributed by atoms with van der Waals surface area (Å²) in [5.41, 5.74) is 0. The molecule has 6 nitrogen and oxygen atoms in total. The van der Waals surface area contributed by atoms with Gasteiger partial charge < -0.3 is 14.7 Å². The van der Waals surface area contributed by atoms with Gasteiger partial charge in [0.25, 0.3) is 0 Å². The molecule has 0 aliphatic rings. The van der Waals surface area contributed by atoms with Crippen molar-refractivity contribution in [3.8, 4) is 0 Å². The maximum absolute atomic E-state index is 8.88. The summed E-state index contributed by atoms with van der Waals surface area (Å²) in [6.45, 7) is 0. The number of benzene rings is 1. The number of rotatable bonds is 0. The lowest BCUT2D eigenvalue weighted by atomic mass is 10.4. The molecular formula is C6H11Cl2N2O4P. The van der Waals surface area contributed by atoms with Crippen LogP contribution in [-0.2, 0) is 4.57 Å². The second-order valence-electron chi connectivity index (χ2n) is 1.93. The van der Waals surface area contributed by atoms with Gasteiger partial charge in [-0.1, -0.05) is 35.3 Å². The predicted molar refractivity (Wildman–Crippen MR) is 59.1 cm³/mol. The fraction of sp³-hybridized carbons (Fsp3) is 0. The van der Waals surface area contributed by atoms with E-state index in [2.05, 4.69) is 11.7 Å². The van der Waals surface area contributed by atoms with Gasteiger partial charge in [-0.2, -0.15) is 0 Å². The zero-order valence-electron chi connectivity index (χ0n) is 7.42. The van der Waals surface area contributed by atoms with E-state index in [1.54, 1.807) is 12.1 Å². The largest absolute Gasteiger partial charge is 0.466 e. The molecule has 9 heteroatoms. The Morgan fingerprint density at radius 2 is 1.20 bits per heavy atom. The van der Waals surface area contributed by atoms with E-state index in [4.69, 9.17) is 42.4 Å². The summed E-state index contributed by atoms with van der Waals surface area (Å²) in [5.74, 6) is 8.00. The minimum Gasteiger partial charge on any atom is -0.303 e. The van der Waals surface area contributed by atoms with E-state index in [-0.39, 0.29) is 0 Å². The van der Waals surface area contributed by atoms with Gasteiger partial charge in [-0.25, -0.2) is 4.57 Å². The Morgan fingerprint density at radius 1 is 1.00 bits per heavy atom. The number of hydrogen-bond donors (Lipinski definition) is 5. The van der Waals surface area contributed by atoms with Crippen molar-refractivity contribution in [3.63, 3.8) is 0 Å². The summed E-state index contributed by atoms with van der Waals surface area (Å²) in [6.07, 6.45) is 0. The molecule has 0 unspecified atom stereocenters. The van der Waals surface area contributed by atoms with Crippen molar-refractivity contribution < 1.29 is 19.2 Å². The third-order valence-electron chi connectivity index (χ3n) is 0.824. The first-order chi connectivity index (χ1) is 6.80.